The Bertz CT molecular complexity index is 358. The molecule has 1 atom stereocenters. The summed E-state index contributed by atoms with van der Waals surface area (Å²) in [5.74, 6) is 0.578. The molecule has 80 valence electrons. The maximum Gasteiger partial charge on any atom is 0.0113 e. The van der Waals surface area contributed by atoms with Gasteiger partial charge in [-0.15, -0.1) is 0 Å². The average molecular weight is 201 g/mol. The molecule has 0 spiro atoms. The minimum atomic E-state index is 0.578. The van der Waals surface area contributed by atoms with Gasteiger partial charge in [0.2, 0.25) is 0 Å². The molecule has 0 aromatic heterocycles. The van der Waals surface area contributed by atoms with Gasteiger partial charge in [0.1, 0.15) is 0 Å². The fraction of sp³-hybridized carbons (Fsp3) is 0.429. The van der Waals surface area contributed by atoms with Crippen molar-refractivity contribution in [3.63, 3.8) is 0 Å². The molecule has 1 N–H and O–H groups in total. The molecular formula is C14H19N. The van der Waals surface area contributed by atoms with Crippen molar-refractivity contribution in [2.24, 2.45) is 5.92 Å². The molecule has 0 amide bonds. The first-order valence-corrected chi connectivity index (χ1v) is 5.65. The van der Waals surface area contributed by atoms with Crippen LogP contribution in [0.2, 0.25) is 0 Å². The molecule has 15 heavy (non-hydrogen) atoms. The molecule has 0 aromatic carbocycles. The van der Waals surface area contributed by atoms with Crippen LogP contribution in [-0.2, 0) is 0 Å². The molecular weight excluding hydrogens is 182 g/mol. The first-order chi connectivity index (χ1) is 7.16. The summed E-state index contributed by atoms with van der Waals surface area (Å²) in [6.45, 7) is 9.95. The van der Waals surface area contributed by atoms with Gasteiger partial charge in [0.15, 0.2) is 0 Å². The van der Waals surface area contributed by atoms with Crippen LogP contribution in [0.5, 0.6) is 0 Å². The second-order valence-electron chi connectivity index (χ2n) is 4.61. The standard InChI is InChI=1S/C14H19N/c1-10(2)15-11(3)14-8-12-6-4-5-7-13(12)9-14/h4,6,14-15H,1,3,5,7-9H2,2H3. The third-order valence-electron chi connectivity index (χ3n) is 3.21. The van der Waals surface area contributed by atoms with Gasteiger partial charge in [0.25, 0.3) is 0 Å². The molecule has 0 fully saturated rings. The zero-order chi connectivity index (χ0) is 10.8. The smallest absolute Gasteiger partial charge is 0.0113 e. The zero-order valence-electron chi connectivity index (χ0n) is 9.47. The highest BCUT2D eigenvalue weighted by Crippen LogP contribution is 2.39. The Morgan fingerprint density at radius 2 is 2.20 bits per heavy atom. The lowest BCUT2D eigenvalue weighted by Gasteiger charge is -2.16. The van der Waals surface area contributed by atoms with Crippen molar-refractivity contribution in [2.75, 3.05) is 0 Å². The van der Waals surface area contributed by atoms with E-state index in [-0.39, 0.29) is 0 Å². The Morgan fingerprint density at radius 1 is 1.40 bits per heavy atom. The van der Waals surface area contributed by atoms with E-state index in [9.17, 15) is 0 Å². The number of allylic oxidation sites excluding steroid dienone is 6. The first-order valence-electron chi connectivity index (χ1n) is 5.65. The summed E-state index contributed by atoms with van der Waals surface area (Å²) >= 11 is 0. The highest BCUT2D eigenvalue weighted by Gasteiger charge is 2.25. The molecule has 2 rings (SSSR count). The Kier molecular flexibility index (Phi) is 2.81. The van der Waals surface area contributed by atoms with E-state index >= 15 is 0 Å². The van der Waals surface area contributed by atoms with E-state index in [0.29, 0.717) is 5.92 Å². The van der Waals surface area contributed by atoms with Crippen molar-refractivity contribution < 1.29 is 0 Å². The molecule has 2 aliphatic rings. The van der Waals surface area contributed by atoms with Crippen LogP contribution in [0.25, 0.3) is 0 Å². The fourth-order valence-electron chi connectivity index (χ4n) is 2.46. The van der Waals surface area contributed by atoms with Crippen molar-refractivity contribution in [1.82, 2.24) is 5.32 Å². The molecule has 1 heteroatoms. The minimum absolute atomic E-state index is 0.578. The van der Waals surface area contributed by atoms with Gasteiger partial charge in [0, 0.05) is 17.3 Å². The molecule has 0 radical (unpaired) electrons. The summed E-state index contributed by atoms with van der Waals surface area (Å²) in [4.78, 5) is 0. The highest BCUT2D eigenvalue weighted by atomic mass is 14.9. The largest absolute Gasteiger partial charge is 0.363 e. The molecule has 0 heterocycles. The Labute approximate surface area is 92.3 Å². The molecule has 0 bridgehead atoms. The number of hydrogen-bond donors (Lipinski definition) is 1. The number of hydrogen-bond acceptors (Lipinski definition) is 1. The first kappa shape index (κ1) is 10.3. The van der Waals surface area contributed by atoms with E-state index in [1.54, 1.807) is 11.1 Å². The van der Waals surface area contributed by atoms with Crippen LogP contribution in [0.3, 0.4) is 0 Å². The molecule has 0 aromatic rings. The summed E-state index contributed by atoms with van der Waals surface area (Å²) in [6, 6.07) is 0. The van der Waals surface area contributed by atoms with E-state index in [2.05, 4.69) is 30.6 Å². The normalized spacial score (nSPS) is 23.9. The predicted molar refractivity (Wildman–Crippen MR) is 65.2 cm³/mol. The van der Waals surface area contributed by atoms with Gasteiger partial charge in [-0.25, -0.2) is 0 Å². The molecule has 0 aliphatic heterocycles. The van der Waals surface area contributed by atoms with Crippen molar-refractivity contribution in [3.05, 3.63) is 47.9 Å². The quantitative estimate of drug-likeness (QED) is 0.734. The third kappa shape index (κ3) is 2.23. The van der Waals surface area contributed by atoms with Gasteiger partial charge in [-0.05, 0) is 38.2 Å². The summed E-state index contributed by atoms with van der Waals surface area (Å²) in [6.07, 6.45) is 9.40. The van der Waals surface area contributed by atoms with E-state index in [1.807, 2.05) is 6.92 Å². The Morgan fingerprint density at radius 3 is 2.87 bits per heavy atom. The van der Waals surface area contributed by atoms with E-state index in [4.69, 9.17) is 0 Å². The van der Waals surface area contributed by atoms with Crippen LogP contribution in [0.15, 0.2) is 47.9 Å². The van der Waals surface area contributed by atoms with Gasteiger partial charge in [-0.2, -0.15) is 0 Å². The van der Waals surface area contributed by atoms with Crippen LogP contribution in [-0.4, -0.2) is 0 Å². The topological polar surface area (TPSA) is 12.0 Å². The van der Waals surface area contributed by atoms with Crippen LogP contribution in [0.1, 0.15) is 32.6 Å². The van der Waals surface area contributed by atoms with Crippen molar-refractivity contribution >= 4 is 0 Å². The second-order valence-corrected chi connectivity index (χ2v) is 4.61. The maximum absolute atomic E-state index is 4.11. The van der Waals surface area contributed by atoms with E-state index in [1.165, 1.54) is 19.3 Å². The van der Waals surface area contributed by atoms with Crippen molar-refractivity contribution in [1.29, 1.82) is 0 Å². The SMILES string of the molecule is C=C(C)NC(=C)C1CC2=C(CCC=C2)C1. The second kappa shape index (κ2) is 4.09. The lowest BCUT2D eigenvalue weighted by molar-refractivity contribution is 0.609. The number of nitrogens with one attached hydrogen (secondary N) is 1. The third-order valence-corrected chi connectivity index (χ3v) is 3.21. The molecule has 1 unspecified atom stereocenters. The molecule has 2 aliphatic carbocycles. The predicted octanol–water partition coefficient (Wildman–Crippen LogP) is 3.68. The van der Waals surface area contributed by atoms with Gasteiger partial charge in [0.05, 0.1) is 0 Å². The minimum Gasteiger partial charge on any atom is -0.363 e. The summed E-state index contributed by atoms with van der Waals surface area (Å²) < 4.78 is 0. The summed E-state index contributed by atoms with van der Waals surface area (Å²) in [5, 5.41) is 3.25. The van der Waals surface area contributed by atoms with Crippen LogP contribution >= 0.6 is 0 Å². The zero-order valence-corrected chi connectivity index (χ0v) is 9.47. The summed E-state index contributed by atoms with van der Waals surface area (Å²) in [7, 11) is 0. The van der Waals surface area contributed by atoms with Crippen LogP contribution < -0.4 is 5.32 Å². The summed E-state index contributed by atoms with van der Waals surface area (Å²) in [5.41, 5.74) is 5.31. The molecule has 0 saturated carbocycles. The average Bonchev–Trinajstić information content (AvgIpc) is 2.59. The van der Waals surface area contributed by atoms with E-state index in [0.717, 1.165) is 17.8 Å². The Hall–Kier alpha value is -1.24. The monoisotopic (exact) mass is 201 g/mol. The van der Waals surface area contributed by atoms with Crippen LogP contribution in [0.4, 0.5) is 0 Å². The van der Waals surface area contributed by atoms with Crippen LogP contribution in [0, 0.1) is 5.92 Å². The molecule has 0 saturated heterocycles. The lowest BCUT2D eigenvalue weighted by atomic mass is 10.00. The van der Waals surface area contributed by atoms with Gasteiger partial charge in [-0.1, -0.05) is 30.9 Å². The van der Waals surface area contributed by atoms with E-state index < -0.39 is 0 Å². The van der Waals surface area contributed by atoms with Crippen molar-refractivity contribution in [2.45, 2.75) is 32.6 Å². The fourth-order valence-corrected chi connectivity index (χ4v) is 2.46. The number of rotatable bonds is 3. The Balaban J connectivity index is 1.98. The van der Waals surface area contributed by atoms with Gasteiger partial charge < -0.3 is 5.32 Å². The highest BCUT2D eigenvalue weighted by molar-refractivity contribution is 5.36. The lowest BCUT2D eigenvalue weighted by Crippen LogP contribution is -2.15. The maximum atomic E-state index is 4.11. The van der Waals surface area contributed by atoms with Gasteiger partial charge in [-0.3, -0.25) is 0 Å². The van der Waals surface area contributed by atoms with Gasteiger partial charge >= 0.3 is 0 Å². The van der Waals surface area contributed by atoms with Crippen molar-refractivity contribution in [3.8, 4) is 0 Å². The molecule has 1 nitrogen and oxygen atoms in total.